The Bertz CT molecular complexity index is 423. The fraction of sp³-hybridized carbons (Fsp3) is 0.533. The monoisotopic (exact) mass is 279 g/mol. The molecule has 0 saturated carbocycles. The number of nitrogens with one attached hydrogen (secondary N) is 1. The zero-order valence-corrected chi connectivity index (χ0v) is 12.6. The molecule has 1 amide bonds. The fourth-order valence-corrected chi connectivity index (χ4v) is 2.02. The third kappa shape index (κ3) is 5.93. The second-order valence-corrected chi connectivity index (χ2v) is 5.05. The summed E-state index contributed by atoms with van der Waals surface area (Å²) < 4.78 is 5.62. The lowest BCUT2D eigenvalue weighted by atomic mass is 10.1. The van der Waals surface area contributed by atoms with Gasteiger partial charge in [0.2, 0.25) is 5.91 Å². The Morgan fingerprint density at radius 1 is 1.50 bits per heavy atom. The van der Waals surface area contributed by atoms with Gasteiger partial charge in [-0.1, -0.05) is 13.0 Å². The molecule has 1 atom stereocenters. The Hall–Kier alpha value is -1.75. The molecule has 0 fully saturated rings. The molecule has 0 aliphatic carbocycles. The fourth-order valence-electron chi connectivity index (χ4n) is 2.02. The zero-order valence-electron chi connectivity index (χ0n) is 12.6. The smallest absolute Gasteiger partial charge is 0.223 e. The summed E-state index contributed by atoms with van der Waals surface area (Å²) in [5.74, 6) is 0.874. The lowest BCUT2D eigenvalue weighted by Crippen LogP contribution is -2.35. The van der Waals surface area contributed by atoms with Crippen LogP contribution in [-0.4, -0.2) is 44.6 Å². The van der Waals surface area contributed by atoms with Crippen LogP contribution in [0.3, 0.4) is 0 Å². The number of anilines is 1. The van der Waals surface area contributed by atoms with E-state index in [0.29, 0.717) is 12.3 Å². The SMILES string of the molecule is CNC(=O)C(C)CN(C)CCCOc1cccc(N)c1. The maximum absolute atomic E-state index is 11.4. The maximum atomic E-state index is 11.4. The van der Waals surface area contributed by atoms with Gasteiger partial charge < -0.3 is 20.7 Å². The van der Waals surface area contributed by atoms with Crippen molar-refractivity contribution in [2.75, 3.05) is 39.5 Å². The number of rotatable bonds is 8. The van der Waals surface area contributed by atoms with Crippen molar-refractivity contribution < 1.29 is 9.53 Å². The van der Waals surface area contributed by atoms with Crippen LogP contribution in [0, 0.1) is 5.92 Å². The van der Waals surface area contributed by atoms with Crippen molar-refractivity contribution in [3.63, 3.8) is 0 Å². The first-order chi connectivity index (χ1) is 9.52. The summed E-state index contributed by atoms with van der Waals surface area (Å²) in [7, 11) is 3.68. The highest BCUT2D eigenvalue weighted by molar-refractivity contribution is 5.78. The van der Waals surface area contributed by atoms with Gasteiger partial charge in [0.05, 0.1) is 6.61 Å². The van der Waals surface area contributed by atoms with Crippen LogP contribution in [0.2, 0.25) is 0 Å². The average molecular weight is 279 g/mol. The van der Waals surface area contributed by atoms with Crippen molar-refractivity contribution in [1.82, 2.24) is 10.2 Å². The van der Waals surface area contributed by atoms with Crippen molar-refractivity contribution in [3.8, 4) is 5.75 Å². The van der Waals surface area contributed by atoms with Crippen molar-refractivity contribution in [2.24, 2.45) is 5.92 Å². The highest BCUT2D eigenvalue weighted by atomic mass is 16.5. The molecule has 1 unspecified atom stereocenters. The Morgan fingerprint density at radius 3 is 2.90 bits per heavy atom. The van der Waals surface area contributed by atoms with Gasteiger partial charge in [-0.15, -0.1) is 0 Å². The highest BCUT2D eigenvalue weighted by Crippen LogP contribution is 2.14. The van der Waals surface area contributed by atoms with Gasteiger partial charge >= 0.3 is 0 Å². The van der Waals surface area contributed by atoms with Gasteiger partial charge in [-0.3, -0.25) is 4.79 Å². The quantitative estimate of drug-likeness (QED) is 0.557. The molecule has 112 valence electrons. The van der Waals surface area contributed by atoms with Crippen LogP contribution in [0.5, 0.6) is 5.75 Å². The molecular weight excluding hydrogens is 254 g/mol. The number of hydrogen-bond acceptors (Lipinski definition) is 4. The summed E-state index contributed by atoms with van der Waals surface area (Å²) in [6, 6.07) is 7.42. The Labute approximate surface area is 121 Å². The second kappa shape index (κ2) is 8.43. The number of carbonyl (C=O) groups excluding carboxylic acids is 1. The maximum Gasteiger partial charge on any atom is 0.223 e. The predicted octanol–water partition coefficient (Wildman–Crippen LogP) is 1.35. The van der Waals surface area contributed by atoms with Gasteiger partial charge in [-0.2, -0.15) is 0 Å². The number of carbonyl (C=O) groups is 1. The van der Waals surface area contributed by atoms with Crippen LogP contribution in [-0.2, 0) is 4.79 Å². The Morgan fingerprint density at radius 2 is 2.25 bits per heavy atom. The van der Waals surface area contributed by atoms with Gasteiger partial charge in [-0.05, 0) is 25.6 Å². The van der Waals surface area contributed by atoms with Crippen molar-refractivity contribution in [1.29, 1.82) is 0 Å². The third-order valence-electron chi connectivity index (χ3n) is 3.09. The number of benzene rings is 1. The van der Waals surface area contributed by atoms with E-state index in [9.17, 15) is 4.79 Å². The molecule has 0 aliphatic heterocycles. The van der Waals surface area contributed by atoms with Gasteiger partial charge in [0.25, 0.3) is 0 Å². The summed E-state index contributed by atoms with van der Waals surface area (Å²) in [6.07, 6.45) is 0.908. The first-order valence-corrected chi connectivity index (χ1v) is 6.91. The second-order valence-electron chi connectivity index (χ2n) is 5.05. The number of amides is 1. The summed E-state index contributed by atoms with van der Waals surface area (Å²) in [5, 5.41) is 2.66. The third-order valence-corrected chi connectivity index (χ3v) is 3.09. The van der Waals surface area contributed by atoms with Gasteiger partial charge in [0.15, 0.2) is 0 Å². The molecule has 5 nitrogen and oxygen atoms in total. The Balaban J connectivity index is 2.19. The average Bonchev–Trinajstić information content (AvgIpc) is 2.42. The van der Waals surface area contributed by atoms with Crippen molar-refractivity contribution in [3.05, 3.63) is 24.3 Å². The number of nitrogens with two attached hydrogens (primary N) is 1. The molecule has 0 saturated heterocycles. The molecule has 1 aromatic carbocycles. The van der Waals surface area contributed by atoms with E-state index in [4.69, 9.17) is 10.5 Å². The van der Waals surface area contributed by atoms with E-state index in [2.05, 4.69) is 10.2 Å². The molecule has 5 heteroatoms. The molecule has 0 heterocycles. The molecule has 1 rings (SSSR count). The number of hydrogen-bond donors (Lipinski definition) is 2. The molecule has 0 aromatic heterocycles. The molecule has 0 aliphatic rings. The lowest BCUT2D eigenvalue weighted by Gasteiger charge is -2.20. The summed E-state index contributed by atoms with van der Waals surface area (Å²) in [5.41, 5.74) is 6.39. The minimum Gasteiger partial charge on any atom is -0.493 e. The predicted molar refractivity (Wildman–Crippen MR) is 81.7 cm³/mol. The summed E-state index contributed by atoms with van der Waals surface area (Å²) in [4.78, 5) is 13.6. The molecule has 0 spiro atoms. The zero-order chi connectivity index (χ0) is 15.0. The molecule has 0 bridgehead atoms. The van der Waals surface area contributed by atoms with Gasteiger partial charge in [0.1, 0.15) is 5.75 Å². The Kier molecular flexibility index (Phi) is 6.87. The van der Waals surface area contributed by atoms with Crippen LogP contribution in [0.1, 0.15) is 13.3 Å². The minimum absolute atomic E-state index is 0.000148. The molecule has 1 aromatic rings. The standard InChI is InChI=1S/C15H25N3O2/c1-12(15(19)17-2)11-18(3)8-5-9-20-14-7-4-6-13(16)10-14/h4,6-7,10,12H,5,8-9,11,16H2,1-3H3,(H,17,19). The van der Waals surface area contributed by atoms with Crippen LogP contribution in [0.4, 0.5) is 5.69 Å². The van der Waals surface area contributed by atoms with Gasteiger partial charge in [0, 0.05) is 37.8 Å². The summed E-state index contributed by atoms with van der Waals surface area (Å²) >= 11 is 0. The molecule has 3 N–H and O–H groups in total. The van der Waals surface area contributed by atoms with Gasteiger partial charge in [-0.25, -0.2) is 0 Å². The van der Waals surface area contributed by atoms with E-state index in [-0.39, 0.29) is 11.8 Å². The van der Waals surface area contributed by atoms with E-state index in [1.165, 1.54) is 0 Å². The van der Waals surface area contributed by atoms with Crippen LogP contribution in [0.15, 0.2) is 24.3 Å². The number of nitrogen functional groups attached to an aromatic ring is 1. The number of nitrogens with zero attached hydrogens (tertiary/aromatic N) is 1. The van der Waals surface area contributed by atoms with E-state index in [1.807, 2.05) is 38.2 Å². The van der Waals surface area contributed by atoms with Crippen LogP contribution in [0.25, 0.3) is 0 Å². The van der Waals surface area contributed by atoms with Crippen molar-refractivity contribution in [2.45, 2.75) is 13.3 Å². The first-order valence-electron chi connectivity index (χ1n) is 6.91. The molecular formula is C15H25N3O2. The number of ether oxygens (including phenoxy) is 1. The van der Waals surface area contributed by atoms with E-state index >= 15 is 0 Å². The van der Waals surface area contributed by atoms with E-state index in [1.54, 1.807) is 7.05 Å². The van der Waals surface area contributed by atoms with E-state index in [0.717, 1.165) is 25.3 Å². The molecule has 0 radical (unpaired) electrons. The van der Waals surface area contributed by atoms with E-state index < -0.39 is 0 Å². The topological polar surface area (TPSA) is 67.6 Å². The van der Waals surface area contributed by atoms with Crippen molar-refractivity contribution >= 4 is 11.6 Å². The largest absolute Gasteiger partial charge is 0.493 e. The van der Waals surface area contributed by atoms with Crippen LogP contribution < -0.4 is 15.8 Å². The van der Waals surface area contributed by atoms with Crippen LogP contribution >= 0.6 is 0 Å². The summed E-state index contributed by atoms with van der Waals surface area (Å²) in [6.45, 7) is 4.21. The minimum atomic E-state index is -0.000148. The first kappa shape index (κ1) is 16.3. The lowest BCUT2D eigenvalue weighted by molar-refractivity contribution is -0.124. The highest BCUT2D eigenvalue weighted by Gasteiger charge is 2.13. The normalized spacial score (nSPS) is 12.2. The molecule has 20 heavy (non-hydrogen) atoms.